The number of aromatic nitrogens is 2. The average molecular weight is 487 g/mol. The van der Waals surface area contributed by atoms with E-state index >= 15 is 0 Å². The molecule has 134 valence electrons. The van der Waals surface area contributed by atoms with Crippen molar-refractivity contribution in [1.82, 2.24) is 10.2 Å². The molecule has 3 aromatic carbocycles. The van der Waals surface area contributed by atoms with Crippen molar-refractivity contribution in [2.45, 2.75) is 5.22 Å². The molecule has 1 amide bonds. The van der Waals surface area contributed by atoms with Gasteiger partial charge in [0.05, 0.1) is 5.75 Å². The first-order chi connectivity index (χ1) is 13.2. The topological polar surface area (TPSA) is 68.0 Å². The van der Waals surface area contributed by atoms with Crippen molar-refractivity contribution in [3.05, 3.63) is 70.3 Å². The zero-order valence-electron chi connectivity index (χ0n) is 14.1. The van der Waals surface area contributed by atoms with E-state index in [0.29, 0.717) is 11.1 Å². The molecule has 1 heterocycles. The third-order valence-corrected chi connectivity index (χ3v) is 5.42. The Morgan fingerprint density at radius 3 is 2.63 bits per heavy atom. The lowest BCUT2D eigenvalue weighted by Crippen LogP contribution is -2.13. The minimum Gasteiger partial charge on any atom is -0.411 e. The third-order valence-electron chi connectivity index (χ3n) is 3.88. The van der Waals surface area contributed by atoms with Gasteiger partial charge in [-0.25, -0.2) is 0 Å². The molecule has 1 N–H and O–H groups in total. The van der Waals surface area contributed by atoms with Gasteiger partial charge in [-0.15, -0.1) is 10.2 Å². The van der Waals surface area contributed by atoms with Crippen LogP contribution in [0.4, 0.5) is 5.69 Å². The number of rotatable bonds is 5. The highest BCUT2D eigenvalue weighted by atomic mass is 127. The molecular weight excluding hydrogens is 473 g/mol. The average Bonchev–Trinajstić information content (AvgIpc) is 3.17. The number of thioether (sulfide) groups is 1. The van der Waals surface area contributed by atoms with Gasteiger partial charge in [-0.05, 0) is 63.7 Å². The molecule has 0 saturated carbocycles. The fraction of sp³-hybridized carbons (Fsp3) is 0.0500. The van der Waals surface area contributed by atoms with Crippen LogP contribution in [0.3, 0.4) is 0 Å². The molecule has 0 saturated heterocycles. The van der Waals surface area contributed by atoms with Gasteiger partial charge < -0.3 is 9.73 Å². The lowest BCUT2D eigenvalue weighted by molar-refractivity contribution is -0.113. The second-order valence-electron chi connectivity index (χ2n) is 5.74. The van der Waals surface area contributed by atoms with Crippen molar-refractivity contribution in [2.75, 3.05) is 11.1 Å². The largest absolute Gasteiger partial charge is 0.411 e. The van der Waals surface area contributed by atoms with Crippen molar-refractivity contribution in [3.63, 3.8) is 0 Å². The summed E-state index contributed by atoms with van der Waals surface area (Å²) in [6.45, 7) is 0. The summed E-state index contributed by atoms with van der Waals surface area (Å²) >= 11 is 3.44. The maximum absolute atomic E-state index is 12.1. The van der Waals surface area contributed by atoms with E-state index in [1.54, 1.807) is 0 Å². The van der Waals surface area contributed by atoms with E-state index in [0.717, 1.165) is 25.6 Å². The number of nitrogens with zero attached hydrogens (tertiary/aromatic N) is 2. The molecule has 4 rings (SSSR count). The van der Waals surface area contributed by atoms with Crippen LogP contribution in [0, 0.1) is 3.57 Å². The maximum atomic E-state index is 12.1. The highest BCUT2D eigenvalue weighted by molar-refractivity contribution is 14.1. The fourth-order valence-corrected chi connectivity index (χ4v) is 3.57. The summed E-state index contributed by atoms with van der Waals surface area (Å²) in [6.07, 6.45) is 0. The van der Waals surface area contributed by atoms with Crippen molar-refractivity contribution in [3.8, 4) is 11.5 Å². The molecule has 27 heavy (non-hydrogen) atoms. The number of benzene rings is 3. The second kappa shape index (κ2) is 8.10. The smallest absolute Gasteiger partial charge is 0.277 e. The molecule has 7 heteroatoms. The number of anilines is 1. The maximum Gasteiger partial charge on any atom is 0.277 e. The summed E-state index contributed by atoms with van der Waals surface area (Å²) in [6, 6.07) is 21.6. The molecule has 0 unspecified atom stereocenters. The van der Waals surface area contributed by atoms with Crippen LogP contribution in [-0.4, -0.2) is 21.9 Å². The van der Waals surface area contributed by atoms with Crippen LogP contribution >= 0.6 is 34.4 Å². The number of hydrogen-bond donors (Lipinski definition) is 1. The Labute approximate surface area is 173 Å². The Balaban J connectivity index is 1.43. The molecule has 0 fully saturated rings. The highest BCUT2D eigenvalue weighted by Gasteiger charge is 2.13. The molecular formula is C20H14IN3O2S. The molecule has 0 aliphatic heterocycles. The van der Waals surface area contributed by atoms with Crippen LogP contribution < -0.4 is 5.32 Å². The standard InChI is InChI=1S/C20H14IN3O2S/c21-14-8-10-15(11-9-14)22-18(25)12-27-20-24-23-19(26-20)17-7-3-5-13-4-1-2-6-16(13)17/h1-11H,12H2,(H,22,25). The number of halogens is 1. The van der Waals surface area contributed by atoms with E-state index in [9.17, 15) is 4.79 Å². The van der Waals surface area contributed by atoms with Crippen LogP contribution in [0.25, 0.3) is 22.2 Å². The van der Waals surface area contributed by atoms with Crippen LogP contribution in [0.1, 0.15) is 0 Å². The molecule has 0 bridgehead atoms. The minimum absolute atomic E-state index is 0.119. The summed E-state index contributed by atoms with van der Waals surface area (Å²) in [7, 11) is 0. The number of nitrogens with one attached hydrogen (secondary N) is 1. The van der Waals surface area contributed by atoms with Gasteiger partial charge in [0, 0.05) is 14.8 Å². The Morgan fingerprint density at radius 1 is 1.00 bits per heavy atom. The fourth-order valence-electron chi connectivity index (χ4n) is 2.65. The Morgan fingerprint density at radius 2 is 1.78 bits per heavy atom. The van der Waals surface area contributed by atoms with Gasteiger partial charge in [-0.3, -0.25) is 4.79 Å². The van der Waals surface area contributed by atoms with Gasteiger partial charge in [0.25, 0.3) is 5.22 Å². The Kier molecular flexibility index (Phi) is 5.40. The van der Waals surface area contributed by atoms with Crippen LogP contribution in [-0.2, 0) is 4.79 Å². The first kappa shape index (κ1) is 18.0. The third kappa shape index (κ3) is 4.30. The zero-order chi connectivity index (χ0) is 18.6. The van der Waals surface area contributed by atoms with Gasteiger partial charge in [0.2, 0.25) is 11.8 Å². The van der Waals surface area contributed by atoms with Crippen molar-refractivity contribution in [1.29, 1.82) is 0 Å². The minimum atomic E-state index is -0.119. The molecule has 0 aliphatic carbocycles. The van der Waals surface area contributed by atoms with Gasteiger partial charge in [0.15, 0.2) is 0 Å². The van der Waals surface area contributed by atoms with Crippen LogP contribution in [0.15, 0.2) is 76.4 Å². The monoisotopic (exact) mass is 487 g/mol. The number of amides is 1. The van der Waals surface area contributed by atoms with Gasteiger partial charge in [0.1, 0.15) is 0 Å². The van der Waals surface area contributed by atoms with Crippen molar-refractivity contribution >= 4 is 56.7 Å². The van der Waals surface area contributed by atoms with Crippen molar-refractivity contribution in [2.24, 2.45) is 0 Å². The first-order valence-corrected chi connectivity index (χ1v) is 10.3. The predicted octanol–water partition coefficient (Wildman–Crippen LogP) is 5.23. The van der Waals surface area contributed by atoms with Gasteiger partial charge in [-0.2, -0.15) is 0 Å². The molecule has 5 nitrogen and oxygen atoms in total. The lowest BCUT2D eigenvalue weighted by atomic mass is 10.0. The summed E-state index contributed by atoms with van der Waals surface area (Å²) in [4.78, 5) is 12.1. The van der Waals surface area contributed by atoms with E-state index in [1.165, 1.54) is 11.8 Å². The lowest BCUT2D eigenvalue weighted by Gasteiger charge is -2.03. The number of fused-ring (bicyclic) bond motifs is 1. The van der Waals surface area contributed by atoms with Gasteiger partial charge in [-0.1, -0.05) is 48.2 Å². The van der Waals surface area contributed by atoms with E-state index in [4.69, 9.17) is 4.42 Å². The van der Waals surface area contributed by atoms with Crippen LogP contribution in [0.5, 0.6) is 0 Å². The van der Waals surface area contributed by atoms with Gasteiger partial charge >= 0.3 is 0 Å². The normalized spacial score (nSPS) is 10.9. The zero-order valence-corrected chi connectivity index (χ0v) is 17.0. The van der Waals surface area contributed by atoms with E-state index in [-0.39, 0.29) is 11.7 Å². The van der Waals surface area contributed by atoms with Crippen molar-refractivity contribution < 1.29 is 9.21 Å². The molecule has 0 aliphatic rings. The molecule has 4 aromatic rings. The quantitative estimate of drug-likeness (QED) is 0.309. The molecule has 0 atom stereocenters. The van der Waals surface area contributed by atoms with Crippen LogP contribution in [0.2, 0.25) is 0 Å². The first-order valence-electron chi connectivity index (χ1n) is 8.19. The summed E-state index contributed by atoms with van der Waals surface area (Å²) in [5, 5.41) is 13.6. The number of carbonyl (C=O) groups excluding carboxylic acids is 1. The van der Waals surface area contributed by atoms with E-state index < -0.39 is 0 Å². The second-order valence-corrected chi connectivity index (χ2v) is 7.92. The highest BCUT2D eigenvalue weighted by Crippen LogP contribution is 2.29. The van der Waals surface area contributed by atoms with E-state index in [1.807, 2.05) is 66.7 Å². The molecule has 0 spiro atoms. The molecule has 0 radical (unpaired) electrons. The Bertz CT molecular complexity index is 1090. The SMILES string of the molecule is O=C(CSc1nnc(-c2cccc3ccccc23)o1)Nc1ccc(I)cc1. The summed E-state index contributed by atoms with van der Waals surface area (Å²) < 4.78 is 6.87. The predicted molar refractivity (Wildman–Crippen MR) is 116 cm³/mol. The van der Waals surface area contributed by atoms with E-state index in [2.05, 4.69) is 38.1 Å². The summed E-state index contributed by atoms with van der Waals surface area (Å²) in [5.74, 6) is 0.529. The molecule has 1 aromatic heterocycles. The Hall–Kier alpha value is -2.39. The number of carbonyl (C=O) groups is 1. The number of hydrogen-bond acceptors (Lipinski definition) is 5. The summed E-state index contributed by atoms with van der Waals surface area (Å²) in [5.41, 5.74) is 1.65.